The van der Waals surface area contributed by atoms with Crippen LogP contribution in [0.4, 0.5) is 0 Å². The zero-order valence-corrected chi connectivity index (χ0v) is 13.0. The van der Waals surface area contributed by atoms with Gasteiger partial charge in [-0.3, -0.25) is 4.98 Å². The average molecular weight is 287 g/mol. The van der Waals surface area contributed by atoms with Crippen LogP contribution in [0.5, 0.6) is 0 Å². The molecule has 0 amide bonds. The van der Waals surface area contributed by atoms with Crippen molar-refractivity contribution in [2.45, 2.75) is 38.9 Å². The van der Waals surface area contributed by atoms with Gasteiger partial charge in [-0.2, -0.15) is 0 Å². The van der Waals surface area contributed by atoms with Gasteiger partial charge in [0.1, 0.15) is 0 Å². The molecule has 0 spiro atoms. The van der Waals surface area contributed by atoms with E-state index in [-0.39, 0.29) is 18.3 Å². The van der Waals surface area contributed by atoms with Crippen LogP contribution in [0.1, 0.15) is 27.7 Å². The highest BCUT2D eigenvalue weighted by Gasteiger charge is 2.51. The second kappa shape index (κ2) is 4.69. The summed E-state index contributed by atoms with van der Waals surface area (Å²) in [6.45, 7) is 8.27. The average Bonchev–Trinajstić information content (AvgIpc) is 2.97. The van der Waals surface area contributed by atoms with Crippen molar-refractivity contribution in [2.24, 2.45) is 0 Å². The predicted molar refractivity (Wildman–Crippen MR) is 83.3 cm³/mol. The lowest BCUT2D eigenvalue weighted by Crippen LogP contribution is -2.41. The third-order valence-electron chi connectivity index (χ3n) is 4.15. The van der Waals surface area contributed by atoms with Crippen molar-refractivity contribution in [1.29, 1.82) is 0 Å². The number of nitrogens with zero attached hydrogens (tertiary/aromatic N) is 1. The largest absolute Gasteiger partial charge is 0.494 e. The standard InChI is InChI=1S/C15H18BNO2S/c1-14(2)15(3,4)19-16(18-14)12-7-5-11(6-8-12)13-9-17-10-20-13/h5-10H,1-4H3. The molecule has 2 heterocycles. The molecule has 3 rings (SSSR count). The molecule has 0 radical (unpaired) electrons. The van der Waals surface area contributed by atoms with Crippen LogP contribution >= 0.6 is 11.3 Å². The fraction of sp³-hybridized carbons (Fsp3) is 0.400. The summed E-state index contributed by atoms with van der Waals surface area (Å²) in [7, 11) is -0.296. The molecule has 104 valence electrons. The minimum absolute atomic E-state index is 0.296. The van der Waals surface area contributed by atoms with E-state index >= 15 is 0 Å². The summed E-state index contributed by atoms with van der Waals surface area (Å²) in [4.78, 5) is 5.28. The Bertz CT molecular complexity index is 577. The first-order valence-electron chi connectivity index (χ1n) is 6.73. The first kappa shape index (κ1) is 13.8. The molecule has 1 saturated heterocycles. The van der Waals surface area contributed by atoms with Gasteiger partial charge in [0.15, 0.2) is 0 Å². The molecule has 0 saturated carbocycles. The molecule has 0 atom stereocenters. The lowest BCUT2D eigenvalue weighted by Gasteiger charge is -2.32. The van der Waals surface area contributed by atoms with E-state index in [2.05, 4.69) is 56.9 Å². The van der Waals surface area contributed by atoms with E-state index in [0.29, 0.717) is 0 Å². The maximum absolute atomic E-state index is 6.05. The minimum Gasteiger partial charge on any atom is -0.399 e. The van der Waals surface area contributed by atoms with E-state index in [4.69, 9.17) is 9.31 Å². The Morgan fingerprint density at radius 2 is 1.60 bits per heavy atom. The number of aromatic nitrogens is 1. The number of hydrogen-bond donors (Lipinski definition) is 0. The highest BCUT2D eigenvalue weighted by molar-refractivity contribution is 7.13. The number of hydrogen-bond acceptors (Lipinski definition) is 4. The lowest BCUT2D eigenvalue weighted by atomic mass is 9.79. The van der Waals surface area contributed by atoms with E-state index < -0.39 is 0 Å². The Morgan fingerprint density at radius 1 is 1.00 bits per heavy atom. The van der Waals surface area contributed by atoms with Gasteiger partial charge in [-0.25, -0.2) is 0 Å². The molecule has 1 fully saturated rings. The van der Waals surface area contributed by atoms with Gasteiger partial charge in [0.2, 0.25) is 0 Å². The third kappa shape index (κ3) is 2.30. The van der Waals surface area contributed by atoms with Gasteiger partial charge < -0.3 is 9.31 Å². The Balaban J connectivity index is 1.83. The molecule has 1 aliphatic heterocycles. The SMILES string of the molecule is CC1(C)OB(c2ccc(-c3cncs3)cc2)OC1(C)C. The van der Waals surface area contributed by atoms with Crippen molar-refractivity contribution in [3.8, 4) is 10.4 Å². The predicted octanol–water partition coefficient (Wildman–Crippen LogP) is 3.11. The molecular weight excluding hydrogens is 269 g/mol. The molecule has 0 N–H and O–H groups in total. The highest BCUT2D eigenvalue weighted by Crippen LogP contribution is 2.36. The van der Waals surface area contributed by atoms with Crippen molar-refractivity contribution in [3.05, 3.63) is 36.0 Å². The highest BCUT2D eigenvalue weighted by atomic mass is 32.1. The first-order chi connectivity index (χ1) is 9.39. The molecule has 0 aliphatic carbocycles. The van der Waals surface area contributed by atoms with Gasteiger partial charge >= 0.3 is 7.12 Å². The normalized spacial score (nSPS) is 20.3. The summed E-state index contributed by atoms with van der Waals surface area (Å²) in [6.07, 6.45) is 1.88. The fourth-order valence-electron chi connectivity index (χ4n) is 2.14. The van der Waals surface area contributed by atoms with Crippen LogP contribution in [0.3, 0.4) is 0 Å². The Hall–Kier alpha value is -1.17. The van der Waals surface area contributed by atoms with Gasteiger partial charge in [-0.1, -0.05) is 24.3 Å². The van der Waals surface area contributed by atoms with Gasteiger partial charge in [-0.15, -0.1) is 11.3 Å². The maximum atomic E-state index is 6.05. The van der Waals surface area contributed by atoms with Crippen molar-refractivity contribution >= 4 is 23.9 Å². The molecule has 1 aromatic heterocycles. The second-order valence-electron chi connectivity index (χ2n) is 6.08. The number of rotatable bonds is 2. The summed E-state index contributed by atoms with van der Waals surface area (Å²) < 4.78 is 12.1. The molecule has 2 aromatic rings. The van der Waals surface area contributed by atoms with E-state index in [1.165, 1.54) is 10.4 Å². The topological polar surface area (TPSA) is 31.4 Å². The van der Waals surface area contributed by atoms with Crippen LogP contribution in [0.15, 0.2) is 36.0 Å². The zero-order chi connectivity index (χ0) is 14.4. The number of benzene rings is 1. The molecule has 3 nitrogen and oxygen atoms in total. The van der Waals surface area contributed by atoms with E-state index in [0.717, 1.165) is 5.46 Å². The van der Waals surface area contributed by atoms with Crippen molar-refractivity contribution < 1.29 is 9.31 Å². The molecule has 1 aliphatic rings. The monoisotopic (exact) mass is 287 g/mol. The second-order valence-corrected chi connectivity index (χ2v) is 6.96. The van der Waals surface area contributed by atoms with Crippen molar-refractivity contribution in [1.82, 2.24) is 4.98 Å². The summed E-state index contributed by atoms with van der Waals surface area (Å²) >= 11 is 1.64. The third-order valence-corrected chi connectivity index (χ3v) is 4.98. The van der Waals surface area contributed by atoms with Gasteiger partial charge in [0.25, 0.3) is 0 Å². The van der Waals surface area contributed by atoms with Gasteiger partial charge in [0, 0.05) is 6.20 Å². The van der Waals surface area contributed by atoms with E-state index in [1.54, 1.807) is 11.3 Å². The molecule has 5 heteroatoms. The Kier molecular flexibility index (Phi) is 3.24. The summed E-state index contributed by atoms with van der Waals surface area (Å²) in [6, 6.07) is 8.32. The summed E-state index contributed by atoms with van der Waals surface area (Å²) in [5.41, 5.74) is 3.48. The molecule has 20 heavy (non-hydrogen) atoms. The number of thiazole rings is 1. The Morgan fingerprint density at radius 3 is 2.10 bits per heavy atom. The van der Waals surface area contributed by atoms with E-state index in [9.17, 15) is 0 Å². The van der Waals surface area contributed by atoms with Crippen LogP contribution < -0.4 is 5.46 Å². The summed E-state index contributed by atoms with van der Waals surface area (Å²) in [5, 5.41) is 0. The first-order valence-corrected chi connectivity index (χ1v) is 7.61. The zero-order valence-electron chi connectivity index (χ0n) is 12.2. The lowest BCUT2D eigenvalue weighted by molar-refractivity contribution is 0.00578. The smallest absolute Gasteiger partial charge is 0.399 e. The van der Waals surface area contributed by atoms with Crippen molar-refractivity contribution in [2.75, 3.05) is 0 Å². The molecular formula is C15H18BNO2S. The summed E-state index contributed by atoms with van der Waals surface area (Å²) in [5.74, 6) is 0. The van der Waals surface area contributed by atoms with Crippen molar-refractivity contribution in [3.63, 3.8) is 0 Å². The maximum Gasteiger partial charge on any atom is 0.494 e. The van der Waals surface area contributed by atoms with Crippen LogP contribution in [-0.2, 0) is 9.31 Å². The Labute approximate surface area is 124 Å². The minimum atomic E-state index is -0.298. The van der Waals surface area contributed by atoms with Crippen LogP contribution in [0.25, 0.3) is 10.4 Å². The van der Waals surface area contributed by atoms with Gasteiger partial charge in [0.05, 0.1) is 21.6 Å². The van der Waals surface area contributed by atoms with Crippen LogP contribution in [0.2, 0.25) is 0 Å². The quantitative estimate of drug-likeness (QED) is 0.795. The van der Waals surface area contributed by atoms with Crippen LogP contribution in [0, 0.1) is 0 Å². The molecule has 0 bridgehead atoms. The van der Waals surface area contributed by atoms with E-state index in [1.807, 2.05) is 11.7 Å². The van der Waals surface area contributed by atoms with Gasteiger partial charge in [-0.05, 0) is 38.7 Å². The fourth-order valence-corrected chi connectivity index (χ4v) is 2.77. The molecule has 1 aromatic carbocycles. The molecule has 0 unspecified atom stereocenters. The van der Waals surface area contributed by atoms with Crippen LogP contribution in [-0.4, -0.2) is 23.3 Å².